The van der Waals surface area contributed by atoms with E-state index < -0.39 is 11.9 Å². The number of nitrogens with two attached hydrogens (primary N) is 1. The van der Waals surface area contributed by atoms with E-state index in [9.17, 15) is 14.4 Å². The number of piperidine rings is 1. The summed E-state index contributed by atoms with van der Waals surface area (Å²) in [5, 5.41) is 3.92. The van der Waals surface area contributed by atoms with Crippen LogP contribution in [0.1, 0.15) is 42.8 Å². The Morgan fingerprint density at radius 3 is 2.70 bits per heavy atom. The van der Waals surface area contributed by atoms with Gasteiger partial charge in [-0.2, -0.15) is 0 Å². The molecule has 0 radical (unpaired) electrons. The molecule has 1 saturated heterocycles. The van der Waals surface area contributed by atoms with Crippen LogP contribution in [0.2, 0.25) is 5.02 Å². The van der Waals surface area contributed by atoms with Gasteiger partial charge in [0.1, 0.15) is 10.6 Å². The van der Waals surface area contributed by atoms with E-state index in [1.54, 1.807) is 20.1 Å². The Morgan fingerprint density at radius 1 is 1.40 bits per heavy atom. The van der Waals surface area contributed by atoms with Gasteiger partial charge in [0, 0.05) is 25.9 Å². The van der Waals surface area contributed by atoms with Gasteiger partial charge in [-0.3, -0.25) is 9.59 Å². The number of nitrogens with one attached hydrogen (secondary N) is 2. The molecule has 0 saturated carbocycles. The van der Waals surface area contributed by atoms with Crippen LogP contribution in [-0.2, 0) is 9.47 Å². The highest BCUT2D eigenvalue weighted by Gasteiger charge is 2.34. The summed E-state index contributed by atoms with van der Waals surface area (Å²) < 4.78 is 10.3. The van der Waals surface area contributed by atoms with E-state index in [0.717, 1.165) is 17.0 Å². The summed E-state index contributed by atoms with van der Waals surface area (Å²) in [7, 11) is 2.78. The van der Waals surface area contributed by atoms with Crippen LogP contribution >= 0.6 is 22.9 Å². The van der Waals surface area contributed by atoms with E-state index in [1.165, 1.54) is 7.11 Å². The smallest absolute Gasteiger partial charge is 0.350 e. The van der Waals surface area contributed by atoms with Gasteiger partial charge in [0.2, 0.25) is 0 Å². The summed E-state index contributed by atoms with van der Waals surface area (Å²) in [5.41, 5.74) is 6.32. The van der Waals surface area contributed by atoms with Gasteiger partial charge < -0.3 is 30.4 Å². The SMILES string of the molecule is COC(=O)c1sc(N2CC[C@H](NC(=O)c3cc(Cl)c(C)[nH]3)[C@H](OC)C2)nc1C(N)=O. The highest BCUT2D eigenvalue weighted by atomic mass is 35.5. The fraction of sp³-hybridized carbons (Fsp3) is 0.444. The van der Waals surface area contributed by atoms with E-state index in [2.05, 4.69) is 15.3 Å². The number of carbonyl (C=O) groups is 3. The van der Waals surface area contributed by atoms with E-state index in [4.69, 9.17) is 26.8 Å². The number of aryl methyl sites for hydroxylation is 1. The summed E-state index contributed by atoms with van der Waals surface area (Å²) in [4.78, 5) is 45.2. The first kappa shape index (κ1) is 22.1. The van der Waals surface area contributed by atoms with Crippen LogP contribution in [0.4, 0.5) is 5.13 Å². The number of aromatic nitrogens is 2. The van der Waals surface area contributed by atoms with Crippen LogP contribution in [0.3, 0.4) is 0 Å². The number of thiazole rings is 1. The van der Waals surface area contributed by atoms with Crippen molar-refractivity contribution in [3.05, 3.63) is 33.0 Å². The lowest BCUT2D eigenvalue weighted by molar-refractivity contribution is 0.0540. The molecule has 1 aliphatic heterocycles. The molecule has 2 atom stereocenters. The van der Waals surface area contributed by atoms with E-state index >= 15 is 0 Å². The molecule has 4 N–H and O–H groups in total. The van der Waals surface area contributed by atoms with Crippen molar-refractivity contribution < 1.29 is 23.9 Å². The standard InChI is InChI=1S/C18H22ClN5O5S/c1-8-9(19)6-11(21-8)16(26)22-10-4-5-24(7-12(10)28-2)18-23-13(15(20)25)14(30-18)17(27)29-3/h6,10,12,21H,4-5,7H2,1-3H3,(H2,20,25)(H,22,26)/t10-,12+/m0/s1. The summed E-state index contributed by atoms with van der Waals surface area (Å²) in [6, 6.07) is 1.34. The van der Waals surface area contributed by atoms with Crippen molar-refractivity contribution in [3.8, 4) is 0 Å². The second-order valence-electron chi connectivity index (χ2n) is 6.77. The van der Waals surface area contributed by atoms with Crippen LogP contribution in [-0.4, -0.2) is 67.2 Å². The van der Waals surface area contributed by atoms with Gasteiger partial charge in [-0.1, -0.05) is 22.9 Å². The van der Waals surface area contributed by atoms with Crippen LogP contribution in [0, 0.1) is 6.92 Å². The molecule has 0 unspecified atom stereocenters. The fourth-order valence-corrected chi connectivity index (χ4v) is 4.42. The van der Waals surface area contributed by atoms with Gasteiger partial charge in [-0.05, 0) is 19.4 Å². The number of methoxy groups -OCH3 is 2. The zero-order valence-electron chi connectivity index (χ0n) is 16.7. The molecule has 1 aliphatic rings. The largest absolute Gasteiger partial charge is 0.465 e. The van der Waals surface area contributed by atoms with Crippen molar-refractivity contribution in [2.75, 3.05) is 32.2 Å². The zero-order valence-corrected chi connectivity index (χ0v) is 18.2. The zero-order chi connectivity index (χ0) is 22.0. The lowest BCUT2D eigenvalue weighted by Gasteiger charge is -2.37. The molecule has 2 aromatic rings. The van der Waals surface area contributed by atoms with Crippen molar-refractivity contribution in [1.29, 1.82) is 0 Å². The maximum absolute atomic E-state index is 12.5. The molecule has 0 aliphatic carbocycles. The van der Waals surface area contributed by atoms with Crippen LogP contribution in [0.25, 0.3) is 0 Å². The number of anilines is 1. The van der Waals surface area contributed by atoms with Crippen LogP contribution in [0.5, 0.6) is 0 Å². The topological polar surface area (TPSA) is 140 Å². The molecule has 1 fully saturated rings. The number of halogens is 1. The molecule has 30 heavy (non-hydrogen) atoms. The molecule has 3 heterocycles. The monoisotopic (exact) mass is 455 g/mol. The van der Waals surface area contributed by atoms with Crippen molar-refractivity contribution in [1.82, 2.24) is 15.3 Å². The van der Waals surface area contributed by atoms with Crippen molar-refractivity contribution in [3.63, 3.8) is 0 Å². The molecule has 3 rings (SSSR count). The Balaban J connectivity index is 1.73. The number of H-pyrrole nitrogens is 1. The number of amides is 2. The number of carbonyl (C=O) groups excluding carboxylic acids is 3. The number of primary amides is 1. The number of ether oxygens (including phenoxy) is 2. The van der Waals surface area contributed by atoms with Gasteiger partial charge in [0.05, 0.1) is 24.3 Å². The molecule has 2 aromatic heterocycles. The lowest BCUT2D eigenvalue weighted by atomic mass is 10.0. The maximum Gasteiger partial charge on any atom is 0.350 e. The molecule has 0 aromatic carbocycles. The summed E-state index contributed by atoms with van der Waals surface area (Å²) in [6.45, 7) is 2.71. The predicted molar refractivity (Wildman–Crippen MR) is 111 cm³/mol. The molecule has 0 bridgehead atoms. The number of esters is 1. The Hall–Kier alpha value is -2.63. The highest BCUT2D eigenvalue weighted by molar-refractivity contribution is 7.17. The summed E-state index contributed by atoms with van der Waals surface area (Å²) >= 11 is 7.05. The molecule has 162 valence electrons. The average molecular weight is 456 g/mol. The second-order valence-corrected chi connectivity index (χ2v) is 8.16. The van der Waals surface area contributed by atoms with Gasteiger partial charge in [0.25, 0.3) is 11.8 Å². The van der Waals surface area contributed by atoms with Gasteiger partial charge in [0.15, 0.2) is 10.8 Å². The first-order valence-electron chi connectivity index (χ1n) is 9.07. The molecule has 12 heteroatoms. The summed E-state index contributed by atoms with van der Waals surface area (Å²) in [6.07, 6.45) is 0.230. The highest BCUT2D eigenvalue weighted by Crippen LogP contribution is 2.30. The number of hydrogen-bond acceptors (Lipinski definition) is 8. The third kappa shape index (κ3) is 4.42. The predicted octanol–water partition coefficient (Wildman–Crippen LogP) is 1.34. The van der Waals surface area contributed by atoms with Crippen LogP contribution in [0.15, 0.2) is 6.07 Å². The Bertz CT molecular complexity index is 955. The summed E-state index contributed by atoms with van der Waals surface area (Å²) in [5.74, 6) is -1.75. The minimum atomic E-state index is -0.803. The van der Waals surface area contributed by atoms with E-state index in [1.807, 2.05) is 4.90 Å². The number of rotatable bonds is 6. The Labute approximate surface area is 181 Å². The third-order valence-corrected chi connectivity index (χ3v) is 6.35. The van der Waals surface area contributed by atoms with E-state index in [0.29, 0.717) is 35.4 Å². The maximum atomic E-state index is 12.5. The Morgan fingerprint density at radius 2 is 2.13 bits per heavy atom. The molecule has 10 nitrogen and oxygen atoms in total. The number of hydrogen-bond donors (Lipinski definition) is 3. The normalized spacial score (nSPS) is 18.9. The Kier molecular flexibility index (Phi) is 6.64. The fourth-order valence-electron chi connectivity index (χ4n) is 3.24. The minimum Gasteiger partial charge on any atom is -0.465 e. The second kappa shape index (κ2) is 9.02. The van der Waals surface area contributed by atoms with Crippen molar-refractivity contribution >= 4 is 45.9 Å². The first-order valence-corrected chi connectivity index (χ1v) is 10.3. The first-order chi connectivity index (χ1) is 14.2. The van der Waals surface area contributed by atoms with Crippen molar-refractivity contribution in [2.45, 2.75) is 25.5 Å². The lowest BCUT2D eigenvalue weighted by Crippen LogP contribution is -2.55. The van der Waals surface area contributed by atoms with Gasteiger partial charge in [-0.25, -0.2) is 9.78 Å². The molecular weight excluding hydrogens is 434 g/mol. The number of nitrogens with zero attached hydrogens (tertiary/aromatic N) is 2. The quantitative estimate of drug-likeness (QED) is 0.558. The minimum absolute atomic E-state index is 0.0587. The average Bonchev–Trinajstić information content (AvgIpc) is 3.32. The van der Waals surface area contributed by atoms with E-state index in [-0.39, 0.29) is 28.6 Å². The van der Waals surface area contributed by atoms with Gasteiger partial charge in [-0.15, -0.1) is 0 Å². The van der Waals surface area contributed by atoms with Crippen LogP contribution < -0.4 is 16.0 Å². The van der Waals surface area contributed by atoms with Gasteiger partial charge >= 0.3 is 5.97 Å². The molecule has 0 spiro atoms. The molecule has 2 amide bonds. The molecular formula is C18H22ClN5O5S. The van der Waals surface area contributed by atoms with Crippen molar-refractivity contribution in [2.24, 2.45) is 5.73 Å². The number of aromatic amines is 1. The third-order valence-electron chi connectivity index (χ3n) is 4.87.